The number of rotatable bonds is 5. The molecule has 0 aliphatic carbocycles. The van der Waals surface area contributed by atoms with Crippen molar-refractivity contribution in [1.29, 1.82) is 0 Å². The van der Waals surface area contributed by atoms with Crippen LogP contribution in [0.1, 0.15) is 22.5 Å². The summed E-state index contributed by atoms with van der Waals surface area (Å²) < 4.78 is 9.99. The van der Waals surface area contributed by atoms with Crippen LogP contribution in [0.3, 0.4) is 0 Å². The summed E-state index contributed by atoms with van der Waals surface area (Å²) in [5, 5.41) is 3.63. The number of hydrogen-bond donors (Lipinski definition) is 1. The van der Waals surface area contributed by atoms with Gasteiger partial charge in [0.2, 0.25) is 0 Å². The van der Waals surface area contributed by atoms with Crippen molar-refractivity contribution in [2.45, 2.75) is 26.7 Å². The first-order chi connectivity index (χ1) is 8.19. The van der Waals surface area contributed by atoms with Gasteiger partial charge in [-0.05, 0) is 26.3 Å². The second-order valence-corrected chi connectivity index (χ2v) is 4.96. The summed E-state index contributed by atoms with van der Waals surface area (Å²) in [7, 11) is 0. The van der Waals surface area contributed by atoms with Crippen LogP contribution in [0.4, 0.5) is 0 Å². The Morgan fingerprint density at radius 1 is 1.53 bits per heavy atom. The van der Waals surface area contributed by atoms with Crippen molar-refractivity contribution < 1.29 is 9.26 Å². The molecular formula is C11H14N2O3S. The normalized spacial score (nSPS) is 10.7. The van der Waals surface area contributed by atoms with Gasteiger partial charge in [-0.25, -0.2) is 4.79 Å². The van der Waals surface area contributed by atoms with Crippen LogP contribution >= 0.6 is 11.3 Å². The SMILES string of the molecule is CCOc1cc(C)sc1CCc1noc(=O)[nH]1. The Morgan fingerprint density at radius 2 is 2.35 bits per heavy atom. The summed E-state index contributed by atoms with van der Waals surface area (Å²) in [6.07, 6.45) is 1.43. The molecule has 2 rings (SSSR count). The van der Waals surface area contributed by atoms with Gasteiger partial charge in [-0.1, -0.05) is 5.16 Å². The number of nitrogens with one attached hydrogen (secondary N) is 1. The van der Waals surface area contributed by atoms with Crippen LogP contribution in [0.15, 0.2) is 15.4 Å². The summed E-state index contributed by atoms with van der Waals surface area (Å²) in [5.74, 6) is 0.997. The van der Waals surface area contributed by atoms with Crippen molar-refractivity contribution >= 4 is 11.3 Å². The van der Waals surface area contributed by atoms with Crippen molar-refractivity contribution in [1.82, 2.24) is 10.1 Å². The summed E-state index contributed by atoms with van der Waals surface area (Å²) in [4.78, 5) is 15.7. The minimum atomic E-state index is -0.507. The fraction of sp³-hybridized carbons (Fsp3) is 0.455. The number of aromatic nitrogens is 2. The Hall–Kier alpha value is -1.56. The Labute approximate surface area is 102 Å². The van der Waals surface area contributed by atoms with E-state index in [-0.39, 0.29) is 0 Å². The quantitative estimate of drug-likeness (QED) is 0.885. The van der Waals surface area contributed by atoms with Gasteiger partial charge in [-0.15, -0.1) is 11.3 Å². The van der Waals surface area contributed by atoms with Crippen LogP contribution in [0.2, 0.25) is 0 Å². The lowest BCUT2D eigenvalue weighted by atomic mass is 10.2. The van der Waals surface area contributed by atoms with E-state index >= 15 is 0 Å². The second kappa shape index (κ2) is 5.18. The molecule has 0 radical (unpaired) electrons. The predicted octanol–water partition coefficient (Wildman–Crippen LogP) is 1.92. The largest absolute Gasteiger partial charge is 0.493 e. The monoisotopic (exact) mass is 254 g/mol. The second-order valence-electron chi connectivity index (χ2n) is 3.62. The van der Waals surface area contributed by atoms with Gasteiger partial charge in [0.05, 0.1) is 6.61 Å². The van der Waals surface area contributed by atoms with Gasteiger partial charge >= 0.3 is 5.76 Å². The molecule has 0 aliphatic rings. The van der Waals surface area contributed by atoms with Crippen LogP contribution in [0.5, 0.6) is 5.75 Å². The van der Waals surface area contributed by atoms with Crippen molar-refractivity contribution in [3.8, 4) is 5.75 Å². The van der Waals surface area contributed by atoms with Crippen molar-refractivity contribution in [2.75, 3.05) is 6.61 Å². The number of aryl methyl sites for hydroxylation is 3. The molecule has 2 aromatic heterocycles. The van der Waals surface area contributed by atoms with Crippen LogP contribution in [-0.2, 0) is 12.8 Å². The molecule has 5 nitrogen and oxygen atoms in total. The van der Waals surface area contributed by atoms with Gasteiger partial charge in [0.1, 0.15) is 5.75 Å². The molecule has 17 heavy (non-hydrogen) atoms. The van der Waals surface area contributed by atoms with Crippen molar-refractivity contribution in [3.63, 3.8) is 0 Å². The zero-order valence-corrected chi connectivity index (χ0v) is 10.6. The van der Waals surface area contributed by atoms with E-state index in [9.17, 15) is 4.79 Å². The van der Waals surface area contributed by atoms with E-state index in [1.807, 2.05) is 13.0 Å². The third-order valence-corrected chi connectivity index (χ3v) is 3.36. The molecule has 2 aromatic rings. The molecule has 0 spiro atoms. The standard InChI is InChI=1S/C11H14N2O3S/c1-3-15-8-6-7(2)17-9(8)4-5-10-12-11(14)16-13-10/h6H,3-5H2,1-2H3,(H,12,13,14). The Balaban J connectivity index is 2.05. The van der Waals surface area contributed by atoms with E-state index in [1.165, 1.54) is 9.75 Å². The zero-order valence-electron chi connectivity index (χ0n) is 9.78. The summed E-state index contributed by atoms with van der Waals surface area (Å²) >= 11 is 1.70. The minimum absolute atomic E-state index is 0.507. The Morgan fingerprint density at radius 3 is 3.00 bits per heavy atom. The first-order valence-corrected chi connectivity index (χ1v) is 6.27. The number of aromatic amines is 1. The summed E-state index contributed by atoms with van der Waals surface area (Å²) in [6, 6.07) is 2.04. The lowest BCUT2D eigenvalue weighted by Crippen LogP contribution is -1.99. The zero-order chi connectivity index (χ0) is 12.3. The van der Waals surface area contributed by atoms with Gasteiger partial charge in [0, 0.05) is 16.2 Å². The van der Waals surface area contributed by atoms with Crippen LogP contribution in [0.25, 0.3) is 0 Å². The van der Waals surface area contributed by atoms with E-state index < -0.39 is 5.76 Å². The molecule has 1 N–H and O–H groups in total. The molecule has 0 fully saturated rings. The number of thiophene rings is 1. The fourth-order valence-corrected chi connectivity index (χ4v) is 2.57. The molecule has 0 atom stereocenters. The van der Waals surface area contributed by atoms with E-state index in [4.69, 9.17) is 4.74 Å². The topological polar surface area (TPSA) is 68.1 Å². The molecule has 0 saturated carbocycles. The van der Waals surface area contributed by atoms with Crippen LogP contribution in [-0.4, -0.2) is 16.7 Å². The number of hydrogen-bond acceptors (Lipinski definition) is 5. The van der Waals surface area contributed by atoms with E-state index in [1.54, 1.807) is 11.3 Å². The maximum Gasteiger partial charge on any atom is 0.438 e. The molecule has 0 unspecified atom stereocenters. The Kier molecular flexibility index (Phi) is 3.63. The third kappa shape index (κ3) is 2.97. The maximum absolute atomic E-state index is 10.8. The molecule has 0 amide bonds. The highest BCUT2D eigenvalue weighted by Crippen LogP contribution is 2.29. The highest BCUT2D eigenvalue weighted by Gasteiger charge is 2.09. The van der Waals surface area contributed by atoms with Gasteiger partial charge < -0.3 is 4.74 Å². The molecule has 2 heterocycles. The average Bonchev–Trinajstić information content (AvgIpc) is 2.83. The molecule has 0 bridgehead atoms. The number of ether oxygens (including phenoxy) is 1. The Bertz CT molecular complexity index is 541. The van der Waals surface area contributed by atoms with E-state index in [0.29, 0.717) is 18.9 Å². The first-order valence-electron chi connectivity index (χ1n) is 5.46. The highest BCUT2D eigenvalue weighted by atomic mass is 32.1. The fourth-order valence-electron chi connectivity index (χ4n) is 1.59. The molecule has 92 valence electrons. The molecule has 0 aromatic carbocycles. The van der Waals surface area contributed by atoms with Crippen LogP contribution in [0, 0.1) is 6.92 Å². The third-order valence-electron chi connectivity index (χ3n) is 2.27. The number of H-pyrrole nitrogens is 1. The molecule has 0 aliphatic heterocycles. The lowest BCUT2D eigenvalue weighted by molar-refractivity contribution is 0.338. The molecule has 0 saturated heterocycles. The van der Waals surface area contributed by atoms with Gasteiger partial charge in [-0.3, -0.25) is 9.51 Å². The molecular weight excluding hydrogens is 240 g/mol. The average molecular weight is 254 g/mol. The van der Waals surface area contributed by atoms with Crippen molar-refractivity contribution in [2.24, 2.45) is 0 Å². The summed E-state index contributed by atoms with van der Waals surface area (Å²) in [6.45, 7) is 4.67. The summed E-state index contributed by atoms with van der Waals surface area (Å²) in [5.41, 5.74) is 0. The van der Waals surface area contributed by atoms with E-state index in [2.05, 4.69) is 21.6 Å². The lowest BCUT2D eigenvalue weighted by Gasteiger charge is -2.02. The number of nitrogens with zero attached hydrogens (tertiary/aromatic N) is 1. The first kappa shape index (κ1) is 11.9. The minimum Gasteiger partial charge on any atom is -0.493 e. The maximum atomic E-state index is 10.8. The van der Waals surface area contributed by atoms with Gasteiger partial charge in [-0.2, -0.15) is 0 Å². The highest BCUT2D eigenvalue weighted by molar-refractivity contribution is 7.12. The van der Waals surface area contributed by atoms with E-state index in [0.717, 1.165) is 12.2 Å². The van der Waals surface area contributed by atoms with Gasteiger partial charge in [0.15, 0.2) is 5.82 Å². The smallest absolute Gasteiger partial charge is 0.438 e. The van der Waals surface area contributed by atoms with Crippen molar-refractivity contribution in [3.05, 3.63) is 32.2 Å². The molecule has 6 heteroatoms. The van der Waals surface area contributed by atoms with Gasteiger partial charge in [0.25, 0.3) is 0 Å². The predicted molar refractivity (Wildman–Crippen MR) is 64.8 cm³/mol. The van der Waals surface area contributed by atoms with Crippen LogP contribution < -0.4 is 10.5 Å².